The molecule has 24 heavy (non-hydrogen) atoms. The molecule has 4 aliphatic carbocycles. The third-order valence-electron chi connectivity index (χ3n) is 8.07. The minimum absolute atomic E-state index is 0.116. The molecule has 0 saturated heterocycles. The van der Waals surface area contributed by atoms with Crippen LogP contribution in [-0.2, 0) is 9.59 Å². The Labute approximate surface area is 145 Å². The highest BCUT2D eigenvalue weighted by atomic mass is 16.1. The Morgan fingerprint density at radius 3 is 2.75 bits per heavy atom. The summed E-state index contributed by atoms with van der Waals surface area (Å²) in [7, 11) is 0. The van der Waals surface area contributed by atoms with Crippen LogP contribution >= 0.6 is 0 Å². The first-order chi connectivity index (χ1) is 11.4. The number of ketones is 2. The van der Waals surface area contributed by atoms with Crippen molar-refractivity contribution in [2.45, 2.75) is 72.1 Å². The molecule has 2 heteroatoms. The predicted molar refractivity (Wildman–Crippen MR) is 95.5 cm³/mol. The van der Waals surface area contributed by atoms with E-state index in [1.165, 1.54) is 18.4 Å². The van der Waals surface area contributed by atoms with Crippen LogP contribution < -0.4 is 0 Å². The molecule has 0 aromatic carbocycles. The average Bonchev–Trinajstić information content (AvgIpc) is 2.92. The maximum Gasteiger partial charge on any atom is 0.155 e. The van der Waals surface area contributed by atoms with Crippen molar-refractivity contribution in [2.24, 2.45) is 28.6 Å². The predicted octanol–water partition coefficient (Wildman–Crippen LogP) is 5.03. The smallest absolute Gasteiger partial charge is 0.155 e. The summed E-state index contributed by atoms with van der Waals surface area (Å²) >= 11 is 0. The van der Waals surface area contributed by atoms with Crippen molar-refractivity contribution in [1.82, 2.24) is 0 Å². The molecule has 0 aliphatic heterocycles. The molecule has 0 aromatic heterocycles. The van der Waals surface area contributed by atoms with Gasteiger partial charge in [-0.3, -0.25) is 9.59 Å². The van der Waals surface area contributed by atoms with Crippen LogP contribution in [0.25, 0.3) is 0 Å². The second kappa shape index (κ2) is 5.41. The fourth-order valence-electron chi connectivity index (χ4n) is 6.63. The number of carbonyl (C=O) groups excluding carboxylic acids is 2. The van der Waals surface area contributed by atoms with Gasteiger partial charge in [-0.1, -0.05) is 38.0 Å². The van der Waals surface area contributed by atoms with E-state index in [-0.39, 0.29) is 16.7 Å². The van der Waals surface area contributed by atoms with E-state index >= 15 is 0 Å². The number of allylic oxidation sites excluding steroid dienone is 4. The lowest BCUT2D eigenvalue weighted by atomic mass is 9.51. The van der Waals surface area contributed by atoms with Gasteiger partial charge in [-0.15, -0.1) is 0 Å². The quantitative estimate of drug-likeness (QED) is 0.667. The number of rotatable bonds is 2. The van der Waals surface area contributed by atoms with Crippen molar-refractivity contribution in [2.75, 3.05) is 0 Å². The molecule has 0 bridgehead atoms. The molecule has 0 spiro atoms. The minimum Gasteiger partial charge on any atom is -0.299 e. The van der Waals surface area contributed by atoms with Crippen LogP contribution in [-0.4, -0.2) is 11.6 Å². The zero-order valence-corrected chi connectivity index (χ0v) is 15.4. The van der Waals surface area contributed by atoms with Gasteiger partial charge in [0.1, 0.15) is 5.78 Å². The second-order valence-corrected chi connectivity index (χ2v) is 9.04. The first-order valence-corrected chi connectivity index (χ1v) is 9.87. The number of hydrogen-bond acceptors (Lipinski definition) is 2. The summed E-state index contributed by atoms with van der Waals surface area (Å²) in [5.41, 5.74) is 3.28. The Morgan fingerprint density at radius 1 is 1.21 bits per heavy atom. The van der Waals surface area contributed by atoms with Crippen LogP contribution in [0.5, 0.6) is 0 Å². The molecule has 2 fully saturated rings. The van der Waals surface area contributed by atoms with Gasteiger partial charge < -0.3 is 0 Å². The molecular weight excluding hydrogens is 296 g/mol. The minimum atomic E-state index is 0.116. The Morgan fingerprint density at radius 2 is 2.00 bits per heavy atom. The van der Waals surface area contributed by atoms with Crippen molar-refractivity contribution < 1.29 is 9.59 Å². The van der Waals surface area contributed by atoms with Gasteiger partial charge >= 0.3 is 0 Å². The number of carbonyl (C=O) groups is 2. The van der Waals surface area contributed by atoms with Crippen molar-refractivity contribution in [3.05, 3.63) is 23.3 Å². The second-order valence-electron chi connectivity index (χ2n) is 9.04. The van der Waals surface area contributed by atoms with Crippen LogP contribution in [0.15, 0.2) is 23.3 Å². The molecule has 0 radical (unpaired) electrons. The Balaban J connectivity index is 1.72. The SMILES string of the molecule is CCC(=O)[C@H]1CC[C@H]2[C@@H]3CCC4=CC(=O)CC[C@]4(C)C3=CC[C@]12C. The molecule has 0 unspecified atom stereocenters. The van der Waals surface area contributed by atoms with Crippen molar-refractivity contribution in [1.29, 1.82) is 0 Å². The summed E-state index contributed by atoms with van der Waals surface area (Å²) < 4.78 is 0. The summed E-state index contributed by atoms with van der Waals surface area (Å²) in [4.78, 5) is 24.4. The van der Waals surface area contributed by atoms with Crippen molar-refractivity contribution in [3.63, 3.8) is 0 Å². The number of hydrogen-bond donors (Lipinski definition) is 0. The summed E-state index contributed by atoms with van der Waals surface area (Å²) in [5, 5.41) is 0. The summed E-state index contributed by atoms with van der Waals surface area (Å²) in [6.07, 6.45) is 12.4. The lowest BCUT2D eigenvalue weighted by molar-refractivity contribution is -0.126. The van der Waals surface area contributed by atoms with Gasteiger partial charge in [0, 0.05) is 24.2 Å². The Hall–Kier alpha value is -1.18. The molecule has 4 rings (SSSR count). The van der Waals surface area contributed by atoms with E-state index in [9.17, 15) is 9.59 Å². The molecule has 4 aliphatic rings. The maximum absolute atomic E-state index is 12.5. The average molecular weight is 326 g/mol. The topological polar surface area (TPSA) is 34.1 Å². The molecular formula is C22H30O2. The van der Waals surface area contributed by atoms with Gasteiger partial charge in [-0.2, -0.15) is 0 Å². The standard InChI is InChI=1S/C22H30O2/c1-4-20(24)19-8-7-17-16-6-5-14-13-15(23)9-11-21(14,2)18(16)10-12-22(17,19)3/h10,13,16-17,19H,4-9,11-12H2,1-3H3/t16-,17-,19+,21-,22-/m0/s1. The van der Waals surface area contributed by atoms with E-state index in [2.05, 4.69) is 19.9 Å². The molecule has 0 heterocycles. The van der Waals surface area contributed by atoms with Crippen LogP contribution in [0, 0.1) is 28.6 Å². The Kier molecular flexibility index (Phi) is 3.67. The van der Waals surface area contributed by atoms with Crippen LogP contribution in [0.1, 0.15) is 72.1 Å². The lowest BCUT2D eigenvalue weighted by Gasteiger charge is -2.53. The zero-order valence-electron chi connectivity index (χ0n) is 15.4. The fraction of sp³-hybridized carbons (Fsp3) is 0.727. The molecule has 2 nitrogen and oxygen atoms in total. The van der Waals surface area contributed by atoms with Crippen LogP contribution in [0.2, 0.25) is 0 Å². The summed E-state index contributed by atoms with van der Waals surface area (Å²) in [6.45, 7) is 6.77. The van der Waals surface area contributed by atoms with E-state index in [1.54, 1.807) is 5.57 Å². The third-order valence-corrected chi connectivity index (χ3v) is 8.07. The monoisotopic (exact) mass is 326 g/mol. The van der Waals surface area contributed by atoms with Gasteiger partial charge in [0.25, 0.3) is 0 Å². The first kappa shape index (κ1) is 16.3. The van der Waals surface area contributed by atoms with E-state index in [1.807, 2.05) is 13.0 Å². The molecule has 0 amide bonds. The largest absolute Gasteiger partial charge is 0.299 e. The van der Waals surface area contributed by atoms with E-state index in [0.717, 1.165) is 25.7 Å². The molecule has 5 atom stereocenters. The molecule has 2 saturated carbocycles. The van der Waals surface area contributed by atoms with Crippen molar-refractivity contribution in [3.8, 4) is 0 Å². The third kappa shape index (κ3) is 2.07. The van der Waals surface area contributed by atoms with Gasteiger partial charge in [0.2, 0.25) is 0 Å². The fourth-order valence-corrected chi connectivity index (χ4v) is 6.63. The first-order valence-electron chi connectivity index (χ1n) is 9.87. The van der Waals surface area contributed by atoms with Gasteiger partial charge in [-0.25, -0.2) is 0 Å². The summed E-state index contributed by atoms with van der Waals surface area (Å²) in [5.74, 6) is 2.35. The normalized spacial score (nSPS) is 44.1. The number of fused-ring (bicyclic) bond motifs is 5. The van der Waals surface area contributed by atoms with Crippen molar-refractivity contribution >= 4 is 11.6 Å². The molecule has 130 valence electrons. The van der Waals surface area contributed by atoms with E-state index in [0.29, 0.717) is 36.2 Å². The highest BCUT2D eigenvalue weighted by molar-refractivity contribution is 5.92. The zero-order chi connectivity index (χ0) is 17.1. The van der Waals surface area contributed by atoms with Crippen LogP contribution in [0.4, 0.5) is 0 Å². The highest BCUT2D eigenvalue weighted by Gasteiger charge is 2.56. The van der Waals surface area contributed by atoms with Gasteiger partial charge in [-0.05, 0) is 61.9 Å². The maximum atomic E-state index is 12.5. The molecule has 0 N–H and O–H groups in total. The van der Waals surface area contributed by atoms with Gasteiger partial charge in [0.15, 0.2) is 5.78 Å². The van der Waals surface area contributed by atoms with Crippen LogP contribution in [0.3, 0.4) is 0 Å². The van der Waals surface area contributed by atoms with E-state index in [4.69, 9.17) is 0 Å². The van der Waals surface area contributed by atoms with E-state index < -0.39 is 0 Å². The Bertz CT molecular complexity index is 655. The number of Topliss-reactive ketones (excluding diaryl/α,β-unsaturated/α-hetero) is 1. The molecule has 0 aromatic rings. The van der Waals surface area contributed by atoms with Gasteiger partial charge in [0.05, 0.1) is 0 Å². The summed E-state index contributed by atoms with van der Waals surface area (Å²) in [6, 6.07) is 0. The highest BCUT2D eigenvalue weighted by Crippen LogP contribution is 2.64. The lowest BCUT2D eigenvalue weighted by Crippen LogP contribution is -2.45.